The molecule has 2 aromatic rings. The standard InChI is InChI=1S/C13H14BrClN2/c1-8(15)12-16-10-4-3-9(14)7-11(10)17(12)13(2)5-6-13/h3-4,7-8H,5-6H2,1-2H3. The first-order chi connectivity index (χ1) is 8.01. The predicted octanol–water partition coefficient (Wildman–Crippen LogP) is 4.61. The van der Waals surface area contributed by atoms with Gasteiger partial charge in [-0.15, -0.1) is 11.6 Å². The van der Waals surface area contributed by atoms with E-state index >= 15 is 0 Å². The van der Waals surface area contributed by atoms with Crippen LogP contribution in [0.2, 0.25) is 0 Å². The zero-order valence-corrected chi connectivity index (χ0v) is 12.2. The van der Waals surface area contributed by atoms with Gasteiger partial charge in [0.1, 0.15) is 5.82 Å². The summed E-state index contributed by atoms with van der Waals surface area (Å²) in [6.45, 7) is 4.26. The molecule has 1 heterocycles. The molecule has 1 aromatic heterocycles. The Morgan fingerprint density at radius 1 is 1.47 bits per heavy atom. The van der Waals surface area contributed by atoms with Crippen LogP contribution in [0.1, 0.15) is 37.9 Å². The quantitative estimate of drug-likeness (QED) is 0.740. The summed E-state index contributed by atoms with van der Waals surface area (Å²) < 4.78 is 3.41. The second-order valence-electron chi connectivity index (χ2n) is 5.05. The van der Waals surface area contributed by atoms with E-state index in [1.807, 2.05) is 19.1 Å². The maximum atomic E-state index is 6.26. The average molecular weight is 314 g/mol. The van der Waals surface area contributed by atoms with Crippen molar-refractivity contribution < 1.29 is 0 Å². The van der Waals surface area contributed by atoms with E-state index in [1.165, 1.54) is 18.4 Å². The molecule has 1 aliphatic rings. The molecular weight excluding hydrogens is 300 g/mol. The Labute approximate surface area is 114 Å². The zero-order chi connectivity index (χ0) is 12.2. The van der Waals surface area contributed by atoms with Crippen molar-refractivity contribution in [2.75, 3.05) is 0 Å². The summed E-state index contributed by atoms with van der Waals surface area (Å²) in [5.74, 6) is 0.986. The third kappa shape index (κ3) is 1.80. The maximum absolute atomic E-state index is 6.26. The van der Waals surface area contributed by atoms with Crippen LogP contribution < -0.4 is 0 Å². The molecule has 1 unspecified atom stereocenters. The molecule has 0 radical (unpaired) electrons. The van der Waals surface area contributed by atoms with Crippen molar-refractivity contribution in [2.24, 2.45) is 0 Å². The summed E-state index contributed by atoms with van der Waals surface area (Å²) in [5, 5.41) is -0.0569. The van der Waals surface area contributed by atoms with Gasteiger partial charge in [-0.2, -0.15) is 0 Å². The number of imidazole rings is 1. The second-order valence-corrected chi connectivity index (χ2v) is 6.62. The van der Waals surface area contributed by atoms with Gasteiger partial charge in [-0.25, -0.2) is 4.98 Å². The number of hydrogen-bond acceptors (Lipinski definition) is 1. The fourth-order valence-electron chi connectivity index (χ4n) is 2.31. The lowest BCUT2D eigenvalue weighted by atomic mass is 10.2. The molecule has 17 heavy (non-hydrogen) atoms. The van der Waals surface area contributed by atoms with E-state index in [1.54, 1.807) is 0 Å². The summed E-state index contributed by atoms with van der Waals surface area (Å²) in [5.41, 5.74) is 2.43. The van der Waals surface area contributed by atoms with Gasteiger partial charge in [0.25, 0.3) is 0 Å². The summed E-state index contributed by atoms with van der Waals surface area (Å²) in [6.07, 6.45) is 2.42. The van der Waals surface area contributed by atoms with Crippen molar-refractivity contribution in [3.05, 3.63) is 28.5 Å². The first-order valence-corrected chi connectivity index (χ1v) is 7.07. The Balaban J connectivity index is 2.33. The largest absolute Gasteiger partial charge is 0.321 e. The van der Waals surface area contributed by atoms with Crippen LogP contribution >= 0.6 is 27.5 Å². The van der Waals surface area contributed by atoms with Crippen molar-refractivity contribution in [3.63, 3.8) is 0 Å². The summed E-state index contributed by atoms with van der Waals surface area (Å²) in [7, 11) is 0. The predicted molar refractivity (Wildman–Crippen MR) is 74.6 cm³/mol. The van der Waals surface area contributed by atoms with Crippen LogP contribution in [0.3, 0.4) is 0 Å². The van der Waals surface area contributed by atoms with Crippen LogP contribution in [-0.2, 0) is 5.54 Å². The monoisotopic (exact) mass is 312 g/mol. The van der Waals surface area contributed by atoms with Gasteiger partial charge in [-0.3, -0.25) is 0 Å². The lowest BCUT2D eigenvalue weighted by Crippen LogP contribution is -2.16. The SMILES string of the molecule is CC(Cl)c1nc2ccc(Br)cc2n1C1(C)CC1. The van der Waals surface area contributed by atoms with Crippen LogP contribution in [0.4, 0.5) is 0 Å². The van der Waals surface area contributed by atoms with Gasteiger partial charge in [-0.1, -0.05) is 15.9 Å². The van der Waals surface area contributed by atoms with E-state index in [4.69, 9.17) is 11.6 Å². The normalized spacial score (nSPS) is 19.5. The van der Waals surface area contributed by atoms with Crippen molar-refractivity contribution >= 4 is 38.6 Å². The highest BCUT2D eigenvalue weighted by molar-refractivity contribution is 9.10. The lowest BCUT2D eigenvalue weighted by Gasteiger charge is -2.17. The molecule has 2 nitrogen and oxygen atoms in total. The number of aromatic nitrogens is 2. The first kappa shape index (κ1) is 11.5. The van der Waals surface area contributed by atoms with E-state index < -0.39 is 0 Å². The van der Waals surface area contributed by atoms with E-state index in [-0.39, 0.29) is 10.9 Å². The fraction of sp³-hybridized carbons (Fsp3) is 0.462. The molecule has 1 fully saturated rings. The molecule has 0 bridgehead atoms. The number of alkyl halides is 1. The van der Waals surface area contributed by atoms with Crippen LogP contribution in [-0.4, -0.2) is 9.55 Å². The number of halogens is 2. The highest BCUT2D eigenvalue weighted by Crippen LogP contribution is 2.47. The number of rotatable bonds is 2. The first-order valence-electron chi connectivity index (χ1n) is 5.84. The van der Waals surface area contributed by atoms with Gasteiger partial charge in [0.2, 0.25) is 0 Å². The Kier molecular flexibility index (Phi) is 2.53. The molecule has 1 atom stereocenters. The van der Waals surface area contributed by atoms with Crippen molar-refractivity contribution in [2.45, 2.75) is 37.6 Å². The highest BCUT2D eigenvalue weighted by Gasteiger charge is 2.42. The third-order valence-corrected chi connectivity index (χ3v) is 4.20. The number of nitrogens with zero attached hydrogens (tertiary/aromatic N) is 2. The minimum atomic E-state index is -0.0569. The number of benzene rings is 1. The van der Waals surface area contributed by atoms with Crippen LogP contribution in [0.15, 0.2) is 22.7 Å². The Morgan fingerprint density at radius 2 is 2.18 bits per heavy atom. The van der Waals surface area contributed by atoms with Gasteiger partial charge >= 0.3 is 0 Å². The molecule has 0 saturated heterocycles. The van der Waals surface area contributed by atoms with Crippen molar-refractivity contribution in [3.8, 4) is 0 Å². The minimum absolute atomic E-state index is 0.0569. The molecular formula is C13H14BrClN2. The van der Waals surface area contributed by atoms with E-state index in [9.17, 15) is 0 Å². The summed E-state index contributed by atoms with van der Waals surface area (Å²) in [4.78, 5) is 4.67. The zero-order valence-electron chi connectivity index (χ0n) is 9.87. The second kappa shape index (κ2) is 3.72. The molecule has 4 heteroatoms. The minimum Gasteiger partial charge on any atom is -0.321 e. The highest BCUT2D eigenvalue weighted by atomic mass is 79.9. The lowest BCUT2D eigenvalue weighted by molar-refractivity contribution is 0.522. The topological polar surface area (TPSA) is 17.8 Å². The van der Waals surface area contributed by atoms with Gasteiger partial charge in [0, 0.05) is 10.0 Å². The fourth-order valence-corrected chi connectivity index (χ4v) is 2.80. The van der Waals surface area contributed by atoms with E-state index in [0.717, 1.165) is 15.8 Å². The van der Waals surface area contributed by atoms with Crippen molar-refractivity contribution in [1.29, 1.82) is 0 Å². The third-order valence-electron chi connectivity index (χ3n) is 3.51. The molecule has 1 saturated carbocycles. The Hall–Kier alpha value is -0.540. The summed E-state index contributed by atoms with van der Waals surface area (Å²) in [6, 6.07) is 6.21. The Bertz CT molecular complexity index is 584. The smallest absolute Gasteiger partial charge is 0.128 e. The molecule has 0 amide bonds. The number of fused-ring (bicyclic) bond motifs is 1. The Morgan fingerprint density at radius 3 is 2.76 bits per heavy atom. The average Bonchev–Trinajstić information content (AvgIpc) is 2.88. The maximum Gasteiger partial charge on any atom is 0.128 e. The van der Waals surface area contributed by atoms with E-state index in [2.05, 4.69) is 38.5 Å². The molecule has 1 aliphatic carbocycles. The molecule has 0 aliphatic heterocycles. The van der Waals surface area contributed by atoms with Crippen molar-refractivity contribution in [1.82, 2.24) is 9.55 Å². The van der Waals surface area contributed by atoms with Crippen LogP contribution in [0.25, 0.3) is 11.0 Å². The summed E-state index contributed by atoms with van der Waals surface area (Å²) >= 11 is 9.78. The van der Waals surface area contributed by atoms with Gasteiger partial charge < -0.3 is 4.57 Å². The van der Waals surface area contributed by atoms with Crippen LogP contribution in [0, 0.1) is 0 Å². The van der Waals surface area contributed by atoms with Gasteiger partial charge in [-0.05, 0) is 44.9 Å². The molecule has 90 valence electrons. The van der Waals surface area contributed by atoms with Gasteiger partial charge in [0.05, 0.1) is 16.4 Å². The number of hydrogen-bond donors (Lipinski definition) is 0. The van der Waals surface area contributed by atoms with Crippen LogP contribution in [0.5, 0.6) is 0 Å². The molecule has 1 aromatic carbocycles. The molecule has 0 N–H and O–H groups in total. The molecule has 3 rings (SSSR count). The molecule has 0 spiro atoms. The van der Waals surface area contributed by atoms with Gasteiger partial charge in [0.15, 0.2) is 0 Å². The van der Waals surface area contributed by atoms with E-state index in [0.29, 0.717) is 0 Å².